The molecule has 0 bridgehead atoms. The first kappa shape index (κ1) is 18.4. The van der Waals surface area contributed by atoms with Gasteiger partial charge in [0.2, 0.25) is 17.7 Å². The third-order valence-corrected chi connectivity index (χ3v) is 4.46. The van der Waals surface area contributed by atoms with Gasteiger partial charge >= 0.3 is 0 Å². The first-order valence-electron chi connectivity index (χ1n) is 7.35. The van der Waals surface area contributed by atoms with Gasteiger partial charge in [-0.05, 0) is 12.1 Å². The molecule has 1 saturated heterocycles. The molecule has 9 heteroatoms. The summed E-state index contributed by atoms with van der Waals surface area (Å²) in [4.78, 5) is 38.2. The van der Waals surface area contributed by atoms with Crippen molar-refractivity contribution in [2.75, 3.05) is 38.0 Å². The highest BCUT2D eigenvalue weighted by Crippen LogP contribution is 2.29. The van der Waals surface area contributed by atoms with Crippen molar-refractivity contribution in [3.05, 3.63) is 27.7 Å². The summed E-state index contributed by atoms with van der Waals surface area (Å²) < 4.78 is 0. The molecule has 24 heavy (non-hydrogen) atoms. The van der Waals surface area contributed by atoms with Crippen LogP contribution in [0.15, 0.2) is 12.1 Å². The van der Waals surface area contributed by atoms with Gasteiger partial charge in [0.1, 0.15) is 0 Å². The van der Waals surface area contributed by atoms with Gasteiger partial charge in [0.25, 0.3) is 0 Å². The summed E-state index contributed by atoms with van der Waals surface area (Å²) in [6, 6.07) is 2.83. The molecule has 0 saturated carbocycles. The first-order valence-corrected chi connectivity index (χ1v) is 8.11. The van der Waals surface area contributed by atoms with Gasteiger partial charge in [0.15, 0.2) is 0 Å². The van der Waals surface area contributed by atoms with Crippen LogP contribution in [-0.4, -0.2) is 60.2 Å². The third-order valence-electron chi connectivity index (χ3n) is 3.83. The van der Waals surface area contributed by atoms with Crippen LogP contribution in [-0.2, 0) is 9.59 Å². The molecule has 7 nitrogen and oxygen atoms in total. The Morgan fingerprint density at radius 2 is 1.67 bits per heavy atom. The minimum Gasteiger partial charge on any atom is -0.375 e. The van der Waals surface area contributed by atoms with Crippen LogP contribution < -0.4 is 11.1 Å². The Morgan fingerprint density at radius 3 is 2.21 bits per heavy atom. The van der Waals surface area contributed by atoms with Gasteiger partial charge in [0, 0.05) is 33.1 Å². The molecule has 2 rings (SSSR count). The van der Waals surface area contributed by atoms with Crippen molar-refractivity contribution >= 4 is 46.6 Å². The van der Waals surface area contributed by atoms with Crippen molar-refractivity contribution in [2.24, 2.45) is 5.73 Å². The van der Waals surface area contributed by atoms with E-state index in [-0.39, 0.29) is 28.9 Å². The fourth-order valence-electron chi connectivity index (χ4n) is 2.43. The number of carbonyl (C=O) groups is 3. The normalized spacial score (nSPS) is 14.5. The summed E-state index contributed by atoms with van der Waals surface area (Å²) in [5.74, 6) is -0.789. The minimum absolute atomic E-state index is 0.00662. The number of hydrogen-bond donors (Lipinski definition) is 2. The van der Waals surface area contributed by atoms with Crippen molar-refractivity contribution in [1.82, 2.24) is 9.80 Å². The maximum absolute atomic E-state index is 12.2. The van der Waals surface area contributed by atoms with E-state index < -0.39 is 5.91 Å². The van der Waals surface area contributed by atoms with Crippen molar-refractivity contribution in [3.8, 4) is 0 Å². The quantitative estimate of drug-likeness (QED) is 0.829. The van der Waals surface area contributed by atoms with E-state index in [0.717, 1.165) is 0 Å². The molecule has 1 fully saturated rings. The van der Waals surface area contributed by atoms with E-state index in [4.69, 9.17) is 28.9 Å². The SMILES string of the molecule is CC(=O)N1CCN(C(=O)CNc2cc(C(N)=O)c(Cl)cc2Cl)CC1. The number of anilines is 1. The number of carbonyl (C=O) groups excluding carboxylic acids is 3. The van der Waals surface area contributed by atoms with Gasteiger partial charge in [0.05, 0.1) is 27.8 Å². The van der Waals surface area contributed by atoms with E-state index in [2.05, 4.69) is 5.32 Å². The number of nitrogens with one attached hydrogen (secondary N) is 1. The molecule has 1 heterocycles. The third kappa shape index (κ3) is 4.30. The Kier molecular flexibility index (Phi) is 5.90. The van der Waals surface area contributed by atoms with Crippen LogP contribution in [0.2, 0.25) is 10.0 Å². The molecule has 0 unspecified atom stereocenters. The van der Waals surface area contributed by atoms with Crippen molar-refractivity contribution in [2.45, 2.75) is 6.92 Å². The number of halogens is 2. The minimum atomic E-state index is -0.675. The van der Waals surface area contributed by atoms with E-state index in [1.807, 2.05) is 0 Å². The van der Waals surface area contributed by atoms with Crippen LogP contribution in [0.1, 0.15) is 17.3 Å². The lowest BCUT2D eigenvalue weighted by molar-refractivity contribution is -0.137. The number of benzene rings is 1. The van der Waals surface area contributed by atoms with Gasteiger partial charge in [-0.3, -0.25) is 14.4 Å². The number of piperazine rings is 1. The largest absolute Gasteiger partial charge is 0.375 e. The number of amides is 3. The Morgan fingerprint density at radius 1 is 1.08 bits per heavy atom. The Balaban J connectivity index is 1.96. The lowest BCUT2D eigenvalue weighted by Gasteiger charge is -2.34. The van der Waals surface area contributed by atoms with Crippen LogP contribution in [0, 0.1) is 0 Å². The fraction of sp³-hybridized carbons (Fsp3) is 0.400. The molecule has 0 aliphatic carbocycles. The van der Waals surface area contributed by atoms with E-state index in [9.17, 15) is 14.4 Å². The van der Waals surface area contributed by atoms with Crippen LogP contribution in [0.4, 0.5) is 5.69 Å². The number of nitrogens with two attached hydrogens (primary N) is 1. The molecule has 0 spiro atoms. The predicted molar refractivity (Wildman–Crippen MR) is 92.3 cm³/mol. The Bertz CT molecular complexity index is 673. The zero-order chi connectivity index (χ0) is 17.9. The zero-order valence-corrected chi connectivity index (χ0v) is 14.7. The summed E-state index contributed by atoms with van der Waals surface area (Å²) in [6.07, 6.45) is 0. The summed E-state index contributed by atoms with van der Waals surface area (Å²) >= 11 is 12.0. The van der Waals surface area contributed by atoms with Crippen molar-refractivity contribution < 1.29 is 14.4 Å². The highest BCUT2D eigenvalue weighted by molar-refractivity contribution is 6.38. The van der Waals surface area contributed by atoms with Crippen LogP contribution in [0.3, 0.4) is 0 Å². The molecule has 0 aromatic heterocycles. The molecular weight excluding hydrogens is 355 g/mol. The van der Waals surface area contributed by atoms with Crippen LogP contribution >= 0.6 is 23.2 Å². The fourth-order valence-corrected chi connectivity index (χ4v) is 2.97. The van der Waals surface area contributed by atoms with E-state index in [0.29, 0.717) is 36.9 Å². The summed E-state index contributed by atoms with van der Waals surface area (Å²) in [5, 5.41) is 3.34. The van der Waals surface area contributed by atoms with Crippen molar-refractivity contribution in [3.63, 3.8) is 0 Å². The highest BCUT2D eigenvalue weighted by atomic mass is 35.5. The Hall–Kier alpha value is -1.99. The second kappa shape index (κ2) is 7.72. The second-order valence-corrected chi connectivity index (χ2v) is 6.23. The Labute approximate surface area is 149 Å². The number of hydrogen-bond acceptors (Lipinski definition) is 4. The molecule has 0 atom stereocenters. The molecule has 1 aromatic carbocycles. The summed E-state index contributed by atoms with van der Waals surface area (Å²) in [6.45, 7) is 3.54. The monoisotopic (exact) mass is 372 g/mol. The van der Waals surface area contributed by atoms with Crippen LogP contribution in [0.25, 0.3) is 0 Å². The summed E-state index contributed by atoms with van der Waals surface area (Å²) in [7, 11) is 0. The number of nitrogens with zero attached hydrogens (tertiary/aromatic N) is 2. The van der Waals surface area contributed by atoms with Gasteiger partial charge in [-0.15, -0.1) is 0 Å². The smallest absolute Gasteiger partial charge is 0.250 e. The van der Waals surface area contributed by atoms with Gasteiger partial charge < -0.3 is 20.9 Å². The first-order chi connectivity index (χ1) is 11.3. The van der Waals surface area contributed by atoms with E-state index in [1.54, 1.807) is 9.80 Å². The van der Waals surface area contributed by atoms with Crippen LogP contribution in [0.5, 0.6) is 0 Å². The molecular formula is C15H18Cl2N4O3. The number of primary amides is 1. The van der Waals surface area contributed by atoms with Crippen molar-refractivity contribution in [1.29, 1.82) is 0 Å². The molecule has 130 valence electrons. The average Bonchev–Trinajstić information content (AvgIpc) is 2.53. The topological polar surface area (TPSA) is 95.7 Å². The van der Waals surface area contributed by atoms with Gasteiger partial charge in [-0.25, -0.2) is 0 Å². The zero-order valence-electron chi connectivity index (χ0n) is 13.1. The highest BCUT2D eigenvalue weighted by Gasteiger charge is 2.22. The van der Waals surface area contributed by atoms with E-state index in [1.165, 1.54) is 19.1 Å². The van der Waals surface area contributed by atoms with E-state index >= 15 is 0 Å². The predicted octanol–water partition coefficient (Wildman–Crippen LogP) is 1.19. The average molecular weight is 373 g/mol. The lowest BCUT2D eigenvalue weighted by atomic mass is 10.2. The van der Waals surface area contributed by atoms with Gasteiger partial charge in [-0.2, -0.15) is 0 Å². The molecule has 1 aliphatic heterocycles. The second-order valence-electron chi connectivity index (χ2n) is 5.42. The summed E-state index contributed by atoms with van der Waals surface area (Å²) in [5.41, 5.74) is 5.78. The van der Waals surface area contributed by atoms with Gasteiger partial charge in [-0.1, -0.05) is 23.2 Å². The maximum Gasteiger partial charge on any atom is 0.250 e. The molecule has 1 aromatic rings. The molecule has 3 N–H and O–H groups in total. The lowest BCUT2D eigenvalue weighted by Crippen LogP contribution is -2.51. The standard InChI is InChI=1S/C15H18Cl2N4O3/c1-9(22)20-2-4-21(5-3-20)14(23)8-19-13-6-10(15(18)24)11(16)7-12(13)17/h6-7,19H,2-5,8H2,1H3,(H2,18,24). The maximum atomic E-state index is 12.2. The number of rotatable bonds is 4. The molecule has 0 radical (unpaired) electrons. The molecule has 3 amide bonds. The molecule has 1 aliphatic rings.